The summed E-state index contributed by atoms with van der Waals surface area (Å²) in [5.41, 5.74) is 0. The number of nitrogens with one attached hydrogen (secondary N) is 1. The maximum atomic E-state index is 12.1. The van der Waals surface area contributed by atoms with E-state index in [9.17, 15) is 4.79 Å². The van der Waals surface area contributed by atoms with Gasteiger partial charge in [0.05, 0.1) is 19.8 Å². The minimum absolute atomic E-state index is 0.122. The molecule has 0 atom stereocenters. The van der Waals surface area contributed by atoms with Crippen LogP contribution in [-0.4, -0.2) is 68.2 Å². The van der Waals surface area contributed by atoms with E-state index in [0.717, 1.165) is 58.2 Å². The first-order valence-electron chi connectivity index (χ1n) is 8.70. The second-order valence-corrected chi connectivity index (χ2v) is 6.31. The number of carbonyl (C=O) groups is 1. The fourth-order valence-corrected chi connectivity index (χ4v) is 3.16. The summed E-state index contributed by atoms with van der Waals surface area (Å²) >= 11 is 0. The topological polar surface area (TPSA) is 58.0 Å². The Morgan fingerprint density at radius 2 is 1.83 bits per heavy atom. The number of furan rings is 1. The summed E-state index contributed by atoms with van der Waals surface area (Å²) < 4.78 is 11.0. The highest BCUT2D eigenvalue weighted by Gasteiger charge is 2.16. The maximum Gasteiger partial charge on any atom is 0.287 e. The summed E-state index contributed by atoms with van der Waals surface area (Å²) in [6, 6.07) is 3.70. The van der Waals surface area contributed by atoms with Crippen molar-refractivity contribution in [3.63, 3.8) is 0 Å². The molecule has 2 saturated heterocycles. The molecule has 1 N–H and O–H groups in total. The molecule has 0 unspecified atom stereocenters. The van der Waals surface area contributed by atoms with Crippen molar-refractivity contribution < 1.29 is 13.9 Å². The van der Waals surface area contributed by atoms with E-state index in [0.29, 0.717) is 12.3 Å². The van der Waals surface area contributed by atoms with Crippen molar-refractivity contribution in [2.24, 2.45) is 0 Å². The van der Waals surface area contributed by atoms with E-state index in [1.807, 2.05) is 6.07 Å². The first kappa shape index (κ1) is 16.5. The SMILES string of the molecule is O=C(NCCN1CCOCC1)c1ccc(CN2CCCCC2)o1. The van der Waals surface area contributed by atoms with E-state index < -0.39 is 0 Å². The summed E-state index contributed by atoms with van der Waals surface area (Å²) in [5, 5.41) is 2.93. The van der Waals surface area contributed by atoms with Crippen molar-refractivity contribution in [3.05, 3.63) is 23.7 Å². The van der Waals surface area contributed by atoms with Gasteiger partial charge in [-0.2, -0.15) is 0 Å². The van der Waals surface area contributed by atoms with Crippen LogP contribution in [0, 0.1) is 0 Å². The molecule has 2 aliphatic heterocycles. The van der Waals surface area contributed by atoms with Crippen molar-refractivity contribution in [2.45, 2.75) is 25.8 Å². The van der Waals surface area contributed by atoms with E-state index in [-0.39, 0.29) is 5.91 Å². The molecule has 0 aromatic carbocycles. The molecule has 1 aromatic rings. The van der Waals surface area contributed by atoms with Crippen LogP contribution in [0.5, 0.6) is 0 Å². The number of rotatable bonds is 6. The lowest BCUT2D eigenvalue weighted by atomic mass is 10.1. The number of piperidine rings is 1. The zero-order chi connectivity index (χ0) is 15.9. The largest absolute Gasteiger partial charge is 0.455 e. The van der Waals surface area contributed by atoms with Crippen LogP contribution in [0.3, 0.4) is 0 Å². The molecule has 0 spiro atoms. The lowest BCUT2D eigenvalue weighted by molar-refractivity contribution is 0.0382. The average molecular weight is 321 g/mol. The first-order valence-corrected chi connectivity index (χ1v) is 8.70. The number of hydrogen-bond donors (Lipinski definition) is 1. The molecule has 6 nitrogen and oxygen atoms in total. The van der Waals surface area contributed by atoms with Crippen LogP contribution in [0.4, 0.5) is 0 Å². The fraction of sp³-hybridized carbons (Fsp3) is 0.706. The van der Waals surface area contributed by atoms with Crippen molar-refractivity contribution in [3.8, 4) is 0 Å². The van der Waals surface area contributed by atoms with Crippen molar-refractivity contribution in [2.75, 3.05) is 52.5 Å². The van der Waals surface area contributed by atoms with Gasteiger partial charge >= 0.3 is 0 Å². The van der Waals surface area contributed by atoms with Crippen LogP contribution >= 0.6 is 0 Å². The highest BCUT2D eigenvalue weighted by Crippen LogP contribution is 2.15. The highest BCUT2D eigenvalue weighted by molar-refractivity contribution is 5.91. The summed E-state index contributed by atoms with van der Waals surface area (Å²) in [4.78, 5) is 16.8. The number of morpholine rings is 1. The van der Waals surface area contributed by atoms with Crippen LogP contribution in [0.25, 0.3) is 0 Å². The zero-order valence-corrected chi connectivity index (χ0v) is 13.8. The highest BCUT2D eigenvalue weighted by atomic mass is 16.5. The predicted molar refractivity (Wildman–Crippen MR) is 87.4 cm³/mol. The standard InChI is InChI=1S/C17H27N3O3/c21-17(18-6-9-19-10-12-22-13-11-19)16-5-4-15(23-16)14-20-7-2-1-3-8-20/h4-5H,1-3,6-14H2,(H,18,21). The normalized spacial score (nSPS) is 20.5. The van der Waals surface area contributed by atoms with Crippen LogP contribution < -0.4 is 5.32 Å². The molecule has 6 heteroatoms. The molecule has 3 rings (SSSR count). The molecule has 2 aliphatic rings. The number of hydrogen-bond acceptors (Lipinski definition) is 5. The van der Waals surface area contributed by atoms with Gasteiger partial charge in [0.2, 0.25) is 0 Å². The van der Waals surface area contributed by atoms with Gasteiger partial charge in [-0.15, -0.1) is 0 Å². The maximum absolute atomic E-state index is 12.1. The summed E-state index contributed by atoms with van der Waals surface area (Å²) in [7, 11) is 0. The molecule has 1 amide bonds. The molecule has 23 heavy (non-hydrogen) atoms. The monoisotopic (exact) mass is 321 g/mol. The molecule has 128 valence electrons. The van der Waals surface area contributed by atoms with Crippen LogP contribution in [0.1, 0.15) is 35.6 Å². The van der Waals surface area contributed by atoms with Crippen molar-refractivity contribution in [1.29, 1.82) is 0 Å². The third-order valence-corrected chi connectivity index (χ3v) is 4.53. The van der Waals surface area contributed by atoms with E-state index in [4.69, 9.17) is 9.15 Å². The summed E-state index contributed by atoms with van der Waals surface area (Å²) in [5.74, 6) is 1.17. The molecular formula is C17H27N3O3. The third-order valence-electron chi connectivity index (χ3n) is 4.53. The van der Waals surface area contributed by atoms with E-state index in [2.05, 4.69) is 15.1 Å². The second kappa shape index (κ2) is 8.47. The molecule has 0 bridgehead atoms. The predicted octanol–water partition coefficient (Wildman–Crippen LogP) is 1.33. The van der Waals surface area contributed by atoms with E-state index in [1.54, 1.807) is 6.07 Å². The first-order chi connectivity index (χ1) is 11.3. The Morgan fingerprint density at radius 1 is 1.04 bits per heavy atom. The third kappa shape index (κ3) is 5.06. The van der Waals surface area contributed by atoms with Gasteiger partial charge in [0, 0.05) is 26.2 Å². The number of amides is 1. The Hall–Kier alpha value is -1.37. The Labute approximate surface area is 137 Å². The Kier molecular flexibility index (Phi) is 6.07. The van der Waals surface area contributed by atoms with Crippen LogP contribution in [0.2, 0.25) is 0 Å². The van der Waals surface area contributed by atoms with Crippen molar-refractivity contribution >= 4 is 5.91 Å². The lowest BCUT2D eigenvalue weighted by Gasteiger charge is -2.26. The summed E-state index contributed by atoms with van der Waals surface area (Å²) in [6.45, 7) is 8.01. The average Bonchev–Trinajstić information content (AvgIpc) is 3.05. The number of likely N-dealkylation sites (tertiary alicyclic amines) is 1. The van der Waals surface area contributed by atoms with Gasteiger partial charge < -0.3 is 14.5 Å². The molecular weight excluding hydrogens is 294 g/mol. The van der Waals surface area contributed by atoms with Gasteiger partial charge in [-0.05, 0) is 38.1 Å². The number of nitrogens with zero attached hydrogens (tertiary/aromatic N) is 2. The smallest absolute Gasteiger partial charge is 0.287 e. The molecule has 3 heterocycles. The Morgan fingerprint density at radius 3 is 2.61 bits per heavy atom. The second-order valence-electron chi connectivity index (χ2n) is 6.31. The minimum atomic E-state index is -0.122. The van der Waals surface area contributed by atoms with Crippen LogP contribution in [-0.2, 0) is 11.3 Å². The number of carbonyl (C=O) groups excluding carboxylic acids is 1. The Balaban J connectivity index is 1.40. The van der Waals surface area contributed by atoms with E-state index >= 15 is 0 Å². The molecule has 2 fully saturated rings. The number of ether oxygens (including phenoxy) is 1. The van der Waals surface area contributed by atoms with Gasteiger partial charge in [0.1, 0.15) is 5.76 Å². The van der Waals surface area contributed by atoms with Crippen LogP contribution in [0.15, 0.2) is 16.5 Å². The van der Waals surface area contributed by atoms with Crippen molar-refractivity contribution in [1.82, 2.24) is 15.1 Å². The lowest BCUT2D eigenvalue weighted by Crippen LogP contribution is -2.41. The molecule has 0 aliphatic carbocycles. The quantitative estimate of drug-likeness (QED) is 0.856. The molecule has 1 aromatic heterocycles. The van der Waals surface area contributed by atoms with Gasteiger partial charge in [-0.1, -0.05) is 6.42 Å². The fourth-order valence-electron chi connectivity index (χ4n) is 3.16. The molecule has 0 saturated carbocycles. The minimum Gasteiger partial charge on any atom is -0.455 e. The van der Waals surface area contributed by atoms with Gasteiger partial charge in [0.15, 0.2) is 5.76 Å². The van der Waals surface area contributed by atoms with Gasteiger partial charge in [-0.25, -0.2) is 0 Å². The van der Waals surface area contributed by atoms with Gasteiger partial charge in [-0.3, -0.25) is 14.6 Å². The Bertz CT molecular complexity index is 491. The summed E-state index contributed by atoms with van der Waals surface area (Å²) in [6.07, 6.45) is 3.84. The zero-order valence-electron chi connectivity index (χ0n) is 13.8. The van der Waals surface area contributed by atoms with E-state index in [1.165, 1.54) is 19.3 Å². The molecule has 0 radical (unpaired) electrons. The van der Waals surface area contributed by atoms with Gasteiger partial charge in [0.25, 0.3) is 5.91 Å².